The Morgan fingerprint density at radius 3 is 2.67 bits per heavy atom. The summed E-state index contributed by atoms with van der Waals surface area (Å²) < 4.78 is 10.1. The first-order chi connectivity index (χ1) is 7.12. The largest absolute Gasteiger partial charge is 0.468 e. The molecule has 1 aliphatic carbocycles. The average molecular weight is 215 g/mol. The fraction of sp³-hybridized carbons (Fsp3) is 0.909. The summed E-state index contributed by atoms with van der Waals surface area (Å²) in [5.74, 6) is 0.479. The molecule has 1 fully saturated rings. The lowest BCUT2D eigenvalue weighted by molar-refractivity contribution is -0.150. The molecule has 1 N–H and O–H groups in total. The number of ether oxygens (including phenoxy) is 2. The predicted octanol–water partition coefficient (Wildman–Crippen LogP) is 0.954. The van der Waals surface area contributed by atoms with Gasteiger partial charge in [-0.05, 0) is 39.2 Å². The molecule has 4 nitrogen and oxygen atoms in total. The molecule has 0 aromatic heterocycles. The first kappa shape index (κ1) is 12.5. The maximum absolute atomic E-state index is 11.6. The standard InChI is InChI=1S/C11H21NO3/c1-4-15-8-11(2,10(13)14-3)12-7-9-5-6-9/h9,12H,4-8H2,1-3H3. The highest BCUT2D eigenvalue weighted by Crippen LogP contribution is 2.28. The van der Waals surface area contributed by atoms with Gasteiger partial charge in [0.05, 0.1) is 13.7 Å². The molecule has 0 aromatic carbocycles. The number of methoxy groups -OCH3 is 1. The van der Waals surface area contributed by atoms with E-state index in [0.29, 0.717) is 13.2 Å². The molecule has 0 radical (unpaired) electrons. The minimum Gasteiger partial charge on any atom is -0.468 e. The number of carbonyl (C=O) groups is 1. The summed E-state index contributed by atoms with van der Waals surface area (Å²) in [6, 6.07) is 0. The van der Waals surface area contributed by atoms with Crippen LogP contribution in [0.4, 0.5) is 0 Å². The molecule has 4 heteroatoms. The second kappa shape index (κ2) is 5.47. The van der Waals surface area contributed by atoms with Crippen molar-refractivity contribution in [3.05, 3.63) is 0 Å². The van der Waals surface area contributed by atoms with E-state index in [1.165, 1.54) is 20.0 Å². The smallest absolute Gasteiger partial charge is 0.328 e. The Labute approximate surface area is 91.3 Å². The SMILES string of the molecule is CCOCC(C)(NCC1CC1)C(=O)OC. The number of nitrogens with one attached hydrogen (secondary N) is 1. The van der Waals surface area contributed by atoms with E-state index in [4.69, 9.17) is 9.47 Å². The van der Waals surface area contributed by atoms with Crippen LogP contribution in [0.25, 0.3) is 0 Å². The normalized spacial score (nSPS) is 19.7. The van der Waals surface area contributed by atoms with E-state index in [1.807, 2.05) is 13.8 Å². The van der Waals surface area contributed by atoms with Crippen molar-refractivity contribution in [2.75, 3.05) is 26.9 Å². The number of hydrogen-bond donors (Lipinski definition) is 1. The van der Waals surface area contributed by atoms with Gasteiger partial charge in [-0.2, -0.15) is 0 Å². The molecule has 0 saturated heterocycles. The first-order valence-electron chi connectivity index (χ1n) is 5.53. The molecule has 15 heavy (non-hydrogen) atoms. The lowest BCUT2D eigenvalue weighted by Gasteiger charge is -2.27. The molecule has 0 heterocycles. The summed E-state index contributed by atoms with van der Waals surface area (Å²) >= 11 is 0. The van der Waals surface area contributed by atoms with Gasteiger partial charge in [-0.3, -0.25) is 5.32 Å². The van der Waals surface area contributed by atoms with Crippen LogP contribution in [0.2, 0.25) is 0 Å². The van der Waals surface area contributed by atoms with Crippen LogP contribution in [0.3, 0.4) is 0 Å². The zero-order chi connectivity index (χ0) is 11.3. The molecule has 1 saturated carbocycles. The molecule has 88 valence electrons. The number of esters is 1. The average Bonchev–Trinajstić information content (AvgIpc) is 3.06. The van der Waals surface area contributed by atoms with Crippen molar-refractivity contribution in [2.45, 2.75) is 32.2 Å². The second-order valence-electron chi connectivity index (χ2n) is 4.29. The van der Waals surface area contributed by atoms with Crippen molar-refractivity contribution in [1.29, 1.82) is 0 Å². The molecule has 1 aliphatic rings. The fourth-order valence-electron chi connectivity index (χ4n) is 1.41. The van der Waals surface area contributed by atoms with Gasteiger partial charge in [-0.25, -0.2) is 4.79 Å². The maximum atomic E-state index is 11.6. The molecule has 0 amide bonds. The predicted molar refractivity (Wildman–Crippen MR) is 57.6 cm³/mol. The minimum absolute atomic E-state index is 0.253. The van der Waals surface area contributed by atoms with Gasteiger partial charge in [0.2, 0.25) is 0 Å². The van der Waals surface area contributed by atoms with Gasteiger partial charge in [-0.15, -0.1) is 0 Å². The summed E-state index contributed by atoms with van der Waals surface area (Å²) in [7, 11) is 1.41. The Morgan fingerprint density at radius 2 is 2.20 bits per heavy atom. The van der Waals surface area contributed by atoms with Crippen molar-refractivity contribution in [3.63, 3.8) is 0 Å². The Bertz CT molecular complexity index is 216. The highest BCUT2D eigenvalue weighted by Gasteiger charge is 2.36. The van der Waals surface area contributed by atoms with E-state index >= 15 is 0 Å². The van der Waals surface area contributed by atoms with E-state index in [9.17, 15) is 4.79 Å². The summed E-state index contributed by atoms with van der Waals surface area (Å²) in [6.07, 6.45) is 2.53. The van der Waals surface area contributed by atoms with Gasteiger partial charge in [0.1, 0.15) is 5.54 Å². The van der Waals surface area contributed by atoms with Gasteiger partial charge < -0.3 is 9.47 Å². The van der Waals surface area contributed by atoms with Crippen LogP contribution < -0.4 is 5.32 Å². The molecule has 1 unspecified atom stereocenters. The monoisotopic (exact) mass is 215 g/mol. The molecule has 0 bridgehead atoms. The van der Waals surface area contributed by atoms with Gasteiger partial charge >= 0.3 is 5.97 Å². The van der Waals surface area contributed by atoms with E-state index in [2.05, 4.69) is 5.32 Å². The zero-order valence-corrected chi connectivity index (χ0v) is 9.84. The quantitative estimate of drug-likeness (QED) is 0.642. The summed E-state index contributed by atoms with van der Waals surface area (Å²) in [6.45, 7) is 5.59. The molecule has 1 rings (SSSR count). The van der Waals surface area contributed by atoms with Crippen LogP contribution in [-0.4, -0.2) is 38.4 Å². The van der Waals surface area contributed by atoms with Crippen LogP contribution in [0.1, 0.15) is 26.7 Å². The summed E-state index contributed by atoms with van der Waals surface area (Å²) in [4.78, 5) is 11.6. The highest BCUT2D eigenvalue weighted by atomic mass is 16.5. The fourth-order valence-corrected chi connectivity index (χ4v) is 1.41. The zero-order valence-electron chi connectivity index (χ0n) is 9.84. The molecule has 0 aromatic rings. The van der Waals surface area contributed by atoms with Gasteiger partial charge in [0.25, 0.3) is 0 Å². The van der Waals surface area contributed by atoms with Crippen molar-refractivity contribution in [3.8, 4) is 0 Å². The third-order valence-electron chi connectivity index (χ3n) is 2.71. The van der Waals surface area contributed by atoms with Crippen molar-refractivity contribution in [1.82, 2.24) is 5.32 Å². The lowest BCUT2D eigenvalue weighted by atomic mass is 10.0. The van der Waals surface area contributed by atoms with E-state index in [0.717, 1.165) is 12.5 Å². The molecular weight excluding hydrogens is 194 g/mol. The molecule has 1 atom stereocenters. The van der Waals surface area contributed by atoms with Crippen LogP contribution in [0, 0.1) is 5.92 Å². The number of rotatable bonds is 7. The van der Waals surface area contributed by atoms with Crippen molar-refractivity contribution in [2.24, 2.45) is 5.92 Å². The van der Waals surface area contributed by atoms with Gasteiger partial charge in [0.15, 0.2) is 0 Å². The Morgan fingerprint density at radius 1 is 1.53 bits per heavy atom. The van der Waals surface area contributed by atoms with Crippen LogP contribution in [0.15, 0.2) is 0 Å². The minimum atomic E-state index is -0.701. The third kappa shape index (κ3) is 3.80. The third-order valence-corrected chi connectivity index (χ3v) is 2.71. The Kier molecular flexibility index (Phi) is 4.54. The number of carbonyl (C=O) groups excluding carboxylic acids is 1. The van der Waals surface area contributed by atoms with Crippen molar-refractivity contribution < 1.29 is 14.3 Å². The Balaban J connectivity index is 2.44. The van der Waals surface area contributed by atoms with E-state index < -0.39 is 5.54 Å². The lowest BCUT2D eigenvalue weighted by Crippen LogP contribution is -2.54. The van der Waals surface area contributed by atoms with Crippen molar-refractivity contribution >= 4 is 5.97 Å². The van der Waals surface area contributed by atoms with Gasteiger partial charge in [-0.1, -0.05) is 0 Å². The topological polar surface area (TPSA) is 47.6 Å². The van der Waals surface area contributed by atoms with E-state index in [1.54, 1.807) is 0 Å². The summed E-state index contributed by atoms with van der Waals surface area (Å²) in [5.41, 5.74) is -0.701. The number of hydrogen-bond acceptors (Lipinski definition) is 4. The second-order valence-corrected chi connectivity index (χ2v) is 4.29. The molecule has 0 spiro atoms. The van der Waals surface area contributed by atoms with E-state index in [-0.39, 0.29) is 5.97 Å². The Hall–Kier alpha value is -0.610. The van der Waals surface area contributed by atoms with Crippen LogP contribution >= 0.6 is 0 Å². The highest BCUT2D eigenvalue weighted by molar-refractivity contribution is 5.80. The summed E-state index contributed by atoms with van der Waals surface area (Å²) in [5, 5.41) is 3.24. The van der Waals surface area contributed by atoms with Crippen LogP contribution in [-0.2, 0) is 14.3 Å². The van der Waals surface area contributed by atoms with Gasteiger partial charge in [0, 0.05) is 6.61 Å². The molecule has 0 aliphatic heterocycles. The first-order valence-corrected chi connectivity index (χ1v) is 5.53. The van der Waals surface area contributed by atoms with Crippen LogP contribution in [0.5, 0.6) is 0 Å². The molecular formula is C11H21NO3. The maximum Gasteiger partial charge on any atom is 0.328 e.